The molecule has 0 fully saturated rings. The SMILES string of the molecule is CC1Oc2ccccc2OC1C(=O)NNC(=O)c1ccc(Cl)cc1. The molecule has 0 saturated heterocycles. The smallest absolute Gasteiger partial charge is 0.283 e. The van der Waals surface area contributed by atoms with E-state index in [0.717, 1.165) is 0 Å². The van der Waals surface area contributed by atoms with Crippen LogP contribution in [0.25, 0.3) is 0 Å². The lowest BCUT2D eigenvalue weighted by atomic mass is 10.1. The molecule has 2 N–H and O–H groups in total. The van der Waals surface area contributed by atoms with Gasteiger partial charge in [-0.3, -0.25) is 20.4 Å². The first-order valence-corrected chi connectivity index (χ1v) is 7.70. The summed E-state index contributed by atoms with van der Waals surface area (Å²) in [6.45, 7) is 1.72. The molecule has 0 bridgehead atoms. The summed E-state index contributed by atoms with van der Waals surface area (Å²) in [5.41, 5.74) is 5.07. The van der Waals surface area contributed by atoms with Crippen molar-refractivity contribution in [1.82, 2.24) is 10.9 Å². The van der Waals surface area contributed by atoms with Gasteiger partial charge >= 0.3 is 0 Å². The normalized spacial score (nSPS) is 18.6. The molecule has 0 spiro atoms. The minimum Gasteiger partial charge on any atom is -0.482 e. The topological polar surface area (TPSA) is 76.7 Å². The number of nitrogens with one attached hydrogen (secondary N) is 2. The quantitative estimate of drug-likeness (QED) is 0.818. The van der Waals surface area contributed by atoms with Crippen LogP contribution >= 0.6 is 11.6 Å². The van der Waals surface area contributed by atoms with Crippen LogP contribution in [0.5, 0.6) is 11.5 Å². The zero-order valence-corrected chi connectivity index (χ0v) is 13.5. The highest BCUT2D eigenvalue weighted by Gasteiger charge is 2.34. The van der Waals surface area contributed by atoms with Crippen LogP contribution in [-0.2, 0) is 4.79 Å². The Bertz CT molecular complexity index is 763. The standard InChI is InChI=1S/C17H15ClN2O4/c1-10-15(24-14-5-3-2-4-13(14)23-10)17(22)20-19-16(21)11-6-8-12(18)9-7-11/h2-10,15H,1H3,(H,19,21)(H,20,22). The van der Waals surface area contributed by atoms with Crippen molar-refractivity contribution in [3.05, 3.63) is 59.1 Å². The molecule has 3 rings (SSSR count). The van der Waals surface area contributed by atoms with Gasteiger partial charge in [0, 0.05) is 10.6 Å². The van der Waals surface area contributed by atoms with Crippen LogP contribution < -0.4 is 20.3 Å². The second-order valence-electron chi connectivity index (χ2n) is 5.26. The van der Waals surface area contributed by atoms with Gasteiger partial charge < -0.3 is 9.47 Å². The fourth-order valence-corrected chi connectivity index (χ4v) is 2.40. The van der Waals surface area contributed by atoms with Crippen LogP contribution in [0.15, 0.2) is 48.5 Å². The maximum Gasteiger partial charge on any atom is 0.283 e. The average Bonchev–Trinajstić information content (AvgIpc) is 2.59. The summed E-state index contributed by atoms with van der Waals surface area (Å²) in [4.78, 5) is 24.2. The van der Waals surface area contributed by atoms with Gasteiger partial charge in [-0.15, -0.1) is 0 Å². The minimum atomic E-state index is -0.870. The van der Waals surface area contributed by atoms with Gasteiger partial charge in [-0.2, -0.15) is 0 Å². The Morgan fingerprint density at radius 2 is 1.58 bits per heavy atom. The average molecular weight is 347 g/mol. The molecular formula is C17H15ClN2O4. The first-order valence-electron chi connectivity index (χ1n) is 7.32. The Labute approximate surface area is 143 Å². The molecule has 1 aliphatic rings. The summed E-state index contributed by atoms with van der Waals surface area (Å²) < 4.78 is 11.3. The highest BCUT2D eigenvalue weighted by Crippen LogP contribution is 2.33. The molecular weight excluding hydrogens is 332 g/mol. The molecule has 2 aromatic carbocycles. The molecule has 0 aromatic heterocycles. The van der Waals surface area contributed by atoms with E-state index < -0.39 is 24.0 Å². The van der Waals surface area contributed by atoms with E-state index in [-0.39, 0.29) is 0 Å². The lowest BCUT2D eigenvalue weighted by molar-refractivity contribution is -0.134. The van der Waals surface area contributed by atoms with E-state index in [9.17, 15) is 9.59 Å². The summed E-state index contributed by atoms with van der Waals surface area (Å²) in [5, 5.41) is 0.524. The fraction of sp³-hybridized carbons (Fsp3) is 0.176. The van der Waals surface area contributed by atoms with Crippen LogP contribution in [-0.4, -0.2) is 24.0 Å². The lowest BCUT2D eigenvalue weighted by Gasteiger charge is -2.30. The zero-order valence-electron chi connectivity index (χ0n) is 12.8. The van der Waals surface area contributed by atoms with E-state index in [1.807, 2.05) is 6.07 Å². The molecule has 7 heteroatoms. The van der Waals surface area contributed by atoms with Gasteiger partial charge in [0.2, 0.25) is 6.10 Å². The van der Waals surface area contributed by atoms with Crippen LogP contribution in [0.1, 0.15) is 17.3 Å². The fourth-order valence-electron chi connectivity index (χ4n) is 2.27. The third-order valence-electron chi connectivity index (χ3n) is 3.51. The van der Waals surface area contributed by atoms with Crippen LogP contribution in [0, 0.1) is 0 Å². The number of rotatable bonds is 2. The zero-order chi connectivity index (χ0) is 17.1. The number of hydrogen-bond acceptors (Lipinski definition) is 4. The second kappa shape index (κ2) is 6.80. The summed E-state index contributed by atoms with van der Waals surface area (Å²) in [6, 6.07) is 13.4. The van der Waals surface area contributed by atoms with Crippen LogP contribution in [0.2, 0.25) is 5.02 Å². The van der Waals surface area contributed by atoms with Crippen molar-refractivity contribution in [3.8, 4) is 11.5 Å². The van der Waals surface area contributed by atoms with Crippen molar-refractivity contribution >= 4 is 23.4 Å². The predicted molar refractivity (Wildman–Crippen MR) is 88.0 cm³/mol. The Morgan fingerprint density at radius 3 is 2.25 bits per heavy atom. The first kappa shape index (κ1) is 16.1. The number of carbonyl (C=O) groups is 2. The van der Waals surface area contributed by atoms with Gasteiger partial charge in [0.05, 0.1) is 0 Å². The molecule has 1 heterocycles. The maximum absolute atomic E-state index is 12.3. The lowest BCUT2D eigenvalue weighted by Crippen LogP contribution is -2.53. The van der Waals surface area contributed by atoms with E-state index in [2.05, 4.69) is 10.9 Å². The molecule has 0 saturated carbocycles. The third-order valence-corrected chi connectivity index (χ3v) is 3.76. The van der Waals surface area contributed by atoms with Gasteiger partial charge in [0.25, 0.3) is 11.8 Å². The van der Waals surface area contributed by atoms with Crippen molar-refractivity contribution in [3.63, 3.8) is 0 Å². The van der Waals surface area contributed by atoms with Crippen LogP contribution in [0.4, 0.5) is 0 Å². The maximum atomic E-state index is 12.3. The van der Waals surface area contributed by atoms with Gasteiger partial charge in [0.15, 0.2) is 11.5 Å². The van der Waals surface area contributed by atoms with Gasteiger partial charge in [-0.05, 0) is 43.3 Å². The summed E-state index contributed by atoms with van der Waals surface area (Å²) in [6.07, 6.45) is -1.36. The van der Waals surface area contributed by atoms with E-state index in [4.69, 9.17) is 21.1 Å². The Balaban J connectivity index is 1.61. The van der Waals surface area contributed by atoms with Crippen molar-refractivity contribution in [2.75, 3.05) is 0 Å². The molecule has 124 valence electrons. The molecule has 2 aromatic rings. The molecule has 0 radical (unpaired) electrons. The highest BCUT2D eigenvalue weighted by atomic mass is 35.5. The number of ether oxygens (including phenoxy) is 2. The first-order chi connectivity index (χ1) is 11.5. The molecule has 2 unspecified atom stereocenters. The number of carbonyl (C=O) groups excluding carboxylic acids is 2. The number of fused-ring (bicyclic) bond motifs is 1. The Kier molecular flexibility index (Phi) is 4.57. The van der Waals surface area contributed by atoms with E-state index in [0.29, 0.717) is 22.1 Å². The monoisotopic (exact) mass is 346 g/mol. The molecule has 0 aliphatic carbocycles. The van der Waals surface area contributed by atoms with Gasteiger partial charge in [0.1, 0.15) is 6.10 Å². The summed E-state index contributed by atoms with van der Waals surface area (Å²) in [7, 11) is 0. The van der Waals surface area contributed by atoms with Crippen LogP contribution in [0.3, 0.4) is 0 Å². The van der Waals surface area contributed by atoms with E-state index >= 15 is 0 Å². The molecule has 24 heavy (non-hydrogen) atoms. The Morgan fingerprint density at radius 1 is 0.958 bits per heavy atom. The largest absolute Gasteiger partial charge is 0.482 e. The predicted octanol–water partition coefficient (Wildman–Crippen LogP) is 2.33. The van der Waals surface area contributed by atoms with Crippen molar-refractivity contribution in [2.24, 2.45) is 0 Å². The molecule has 6 nitrogen and oxygen atoms in total. The third kappa shape index (κ3) is 3.44. The van der Waals surface area contributed by atoms with Crippen molar-refractivity contribution < 1.29 is 19.1 Å². The van der Waals surface area contributed by atoms with Crippen molar-refractivity contribution in [2.45, 2.75) is 19.1 Å². The van der Waals surface area contributed by atoms with Crippen molar-refractivity contribution in [1.29, 1.82) is 0 Å². The number of benzene rings is 2. The Hall–Kier alpha value is -2.73. The number of hydrazine groups is 1. The van der Waals surface area contributed by atoms with Gasteiger partial charge in [-0.25, -0.2) is 0 Å². The van der Waals surface area contributed by atoms with E-state index in [1.165, 1.54) is 0 Å². The number of para-hydroxylation sites is 2. The highest BCUT2D eigenvalue weighted by molar-refractivity contribution is 6.30. The minimum absolute atomic E-state index is 0.374. The number of hydrogen-bond donors (Lipinski definition) is 2. The summed E-state index contributed by atoms with van der Waals surface area (Å²) >= 11 is 5.77. The molecule has 2 amide bonds. The number of halogens is 1. The summed E-state index contributed by atoms with van der Waals surface area (Å²) in [5.74, 6) is 0.114. The number of amides is 2. The van der Waals surface area contributed by atoms with E-state index in [1.54, 1.807) is 49.4 Å². The second-order valence-corrected chi connectivity index (χ2v) is 5.69. The van der Waals surface area contributed by atoms with Gasteiger partial charge in [-0.1, -0.05) is 23.7 Å². The molecule has 2 atom stereocenters. The molecule has 1 aliphatic heterocycles.